The molecule has 2 aromatic heterocycles. The molecule has 1 N–H and O–H groups in total. The van der Waals surface area contributed by atoms with Crippen molar-refractivity contribution in [2.45, 2.75) is 32.7 Å². The van der Waals surface area contributed by atoms with Gasteiger partial charge >= 0.3 is 0 Å². The number of rotatable bonds is 7. The maximum atomic E-state index is 12.9. The molecule has 126 valence electrons. The topological polar surface area (TPSA) is 60.1 Å². The van der Waals surface area contributed by atoms with Gasteiger partial charge in [0.25, 0.3) is 18.8 Å². The van der Waals surface area contributed by atoms with E-state index in [1.54, 1.807) is 0 Å². The van der Waals surface area contributed by atoms with Crippen LogP contribution in [-0.2, 0) is 6.54 Å². The van der Waals surface area contributed by atoms with Crippen LogP contribution in [0.15, 0.2) is 22.6 Å². The molecular weight excluding hydrogens is 318 g/mol. The van der Waals surface area contributed by atoms with Crippen molar-refractivity contribution in [3.8, 4) is 0 Å². The molecule has 0 spiro atoms. The highest BCUT2D eigenvalue weighted by molar-refractivity contribution is 5.91. The van der Waals surface area contributed by atoms with E-state index in [0.29, 0.717) is 12.6 Å². The third kappa shape index (κ3) is 4.11. The molecule has 2 heterocycles. The van der Waals surface area contributed by atoms with Crippen molar-refractivity contribution in [3.63, 3.8) is 0 Å². The smallest absolute Gasteiger partial charge is 0.286 e. The first-order valence-electron chi connectivity index (χ1n) is 6.93. The highest BCUT2D eigenvalue weighted by Crippen LogP contribution is 2.25. The van der Waals surface area contributed by atoms with Crippen LogP contribution in [0.1, 0.15) is 53.9 Å². The molecule has 0 aliphatic heterocycles. The lowest BCUT2D eigenvalue weighted by Crippen LogP contribution is -2.23. The highest BCUT2D eigenvalue weighted by Gasteiger charge is 2.22. The molecule has 0 radical (unpaired) electrons. The first kappa shape index (κ1) is 17.0. The quantitative estimate of drug-likeness (QED) is 0.789. The Balaban J connectivity index is 2.16. The average Bonchev–Trinajstić information content (AvgIpc) is 3.12. The zero-order valence-corrected chi connectivity index (χ0v) is 12.2. The van der Waals surface area contributed by atoms with Gasteiger partial charge in [-0.25, -0.2) is 17.6 Å². The SMILES string of the molecule is CCCNC(=O)c1ccc(Cn2nc(C(F)F)cc2C(F)F)o1. The van der Waals surface area contributed by atoms with Gasteiger partial charge in [-0.2, -0.15) is 5.10 Å². The fourth-order valence-electron chi connectivity index (χ4n) is 1.92. The second-order valence-electron chi connectivity index (χ2n) is 4.77. The summed E-state index contributed by atoms with van der Waals surface area (Å²) in [7, 11) is 0. The Morgan fingerprint density at radius 2 is 2.04 bits per heavy atom. The lowest BCUT2D eigenvalue weighted by molar-refractivity contribution is 0.0923. The first-order valence-corrected chi connectivity index (χ1v) is 6.93. The summed E-state index contributed by atoms with van der Waals surface area (Å²) in [5.74, 6) is -0.244. The number of carbonyl (C=O) groups excluding carboxylic acids is 1. The van der Waals surface area contributed by atoms with Crippen LogP contribution in [0, 0.1) is 0 Å². The summed E-state index contributed by atoms with van der Waals surface area (Å²) in [6.07, 6.45) is -5.14. The fraction of sp³-hybridized carbons (Fsp3) is 0.429. The van der Waals surface area contributed by atoms with Crippen LogP contribution in [0.2, 0.25) is 0 Å². The maximum Gasteiger partial charge on any atom is 0.286 e. The van der Waals surface area contributed by atoms with E-state index in [-0.39, 0.29) is 18.1 Å². The standard InChI is InChI=1S/C14H15F4N3O2/c1-2-5-19-14(22)11-4-3-8(23-11)7-21-10(13(17)18)6-9(20-21)12(15)16/h3-4,6,12-13H,2,5,7H2,1H3,(H,19,22). The normalized spacial score (nSPS) is 11.4. The molecule has 0 bridgehead atoms. The van der Waals surface area contributed by atoms with E-state index in [1.165, 1.54) is 12.1 Å². The second kappa shape index (κ2) is 7.30. The van der Waals surface area contributed by atoms with E-state index in [4.69, 9.17) is 4.42 Å². The van der Waals surface area contributed by atoms with Gasteiger partial charge < -0.3 is 9.73 Å². The zero-order valence-electron chi connectivity index (χ0n) is 12.2. The van der Waals surface area contributed by atoms with Gasteiger partial charge in [0.05, 0.1) is 6.54 Å². The van der Waals surface area contributed by atoms with Crippen molar-refractivity contribution in [2.75, 3.05) is 6.54 Å². The number of furan rings is 1. The van der Waals surface area contributed by atoms with Gasteiger partial charge in [0.15, 0.2) is 5.76 Å². The molecule has 0 saturated carbocycles. The molecule has 2 aromatic rings. The van der Waals surface area contributed by atoms with Crippen LogP contribution in [0.4, 0.5) is 17.6 Å². The summed E-state index contributed by atoms with van der Waals surface area (Å²) in [6, 6.07) is 3.47. The molecule has 0 saturated heterocycles. The van der Waals surface area contributed by atoms with Crippen molar-refractivity contribution in [1.82, 2.24) is 15.1 Å². The first-order chi connectivity index (χ1) is 10.9. The Kier molecular flexibility index (Phi) is 5.41. The van der Waals surface area contributed by atoms with Gasteiger partial charge in [-0.3, -0.25) is 9.48 Å². The van der Waals surface area contributed by atoms with Crippen molar-refractivity contribution in [1.29, 1.82) is 0 Å². The number of hydrogen-bond donors (Lipinski definition) is 1. The Labute approximate surface area is 129 Å². The van der Waals surface area contributed by atoms with E-state index in [0.717, 1.165) is 11.1 Å². The minimum atomic E-state index is -2.95. The summed E-state index contributed by atoms with van der Waals surface area (Å²) in [6.45, 7) is 2.09. The molecule has 5 nitrogen and oxygen atoms in total. The Morgan fingerprint density at radius 1 is 1.30 bits per heavy atom. The van der Waals surface area contributed by atoms with Gasteiger partial charge in [-0.05, 0) is 24.6 Å². The number of hydrogen-bond acceptors (Lipinski definition) is 3. The van der Waals surface area contributed by atoms with E-state index < -0.39 is 30.1 Å². The number of halogens is 4. The predicted octanol–water partition coefficient (Wildman–Crippen LogP) is 3.54. The zero-order chi connectivity index (χ0) is 17.0. The molecule has 1 amide bonds. The lowest BCUT2D eigenvalue weighted by atomic mass is 10.3. The Morgan fingerprint density at radius 3 is 2.65 bits per heavy atom. The summed E-state index contributed by atoms with van der Waals surface area (Å²) in [5.41, 5.74) is -1.36. The van der Waals surface area contributed by atoms with Gasteiger partial charge in [0.2, 0.25) is 0 Å². The third-order valence-corrected chi connectivity index (χ3v) is 3.00. The summed E-state index contributed by atoms with van der Waals surface area (Å²) >= 11 is 0. The number of aromatic nitrogens is 2. The molecule has 0 fully saturated rings. The van der Waals surface area contributed by atoms with Crippen molar-refractivity contribution < 1.29 is 26.8 Å². The van der Waals surface area contributed by atoms with Crippen LogP contribution in [0.25, 0.3) is 0 Å². The molecular formula is C14H15F4N3O2. The Bertz CT molecular complexity index is 667. The molecule has 2 rings (SSSR count). The van der Waals surface area contributed by atoms with Crippen LogP contribution in [-0.4, -0.2) is 22.2 Å². The molecule has 0 unspecified atom stereocenters. The largest absolute Gasteiger partial charge is 0.454 e. The van der Waals surface area contributed by atoms with Gasteiger partial charge in [-0.15, -0.1) is 0 Å². The van der Waals surface area contributed by atoms with Gasteiger partial charge in [-0.1, -0.05) is 6.92 Å². The predicted molar refractivity (Wildman–Crippen MR) is 72.6 cm³/mol. The summed E-state index contributed by atoms with van der Waals surface area (Å²) < 4.78 is 56.9. The van der Waals surface area contributed by atoms with E-state index in [9.17, 15) is 22.4 Å². The Hall–Kier alpha value is -2.32. The molecule has 0 aliphatic rings. The molecule has 23 heavy (non-hydrogen) atoms. The van der Waals surface area contributed by atoms with Crippen LogP contribution >= 0.6 is 0 Å². The maximum absolute atomic E-state index is 12.9. The molecule has 0 aliphatic carbocycles. The molecule has 0 atom stereocenters. The van der Waals surface area contributed by atoms with Crippen molar-refractivity contribution in [3.05, 3.63) is 41.1 Å². The van der Waals surface area contributed by atoms with E-state index >= 15 is 0 Å². The number of nitrogens with zero attached hydrogens (tertiary/aromatic N) is 2. The minimum Gasteiger partial charge on any atom is -0.454 e. The van der Waals surface area contributed by atoms with Crippen LogP contribution < -0.4 is 5.32 Å². The highest BCUT2D eigenvalue weighted by atomic mass is 19.3. The van der Waals surface area contributed by atoms with Crippen molar-refractivity contribution >= 4 is 5.91 Å². The fourth-order valence-corrected chi connectivity index (χ4v) is 1.92. The molecule has 9 heteroatoms. The van der Waals surface area contributed by atoms with Gasteiger partial charge in [0.1, 0.15) is 17.1 Å². The van der Waals surface area contributed by atoms with E-state index in [1.807, 2.05) is 6.92 Å². The van der Waals surface area contributed by atoms with Crippen molar-refractivity contribution in [2.24, 2.45) is 0 Å². The minimum absolute atomic E-state index is 0.0216. The monoisotopic (exact) mass is 333 g/mol. The van der Waals surface area contributed by atoms with Crippen LogP contribution in [0.3, 0.4) is 0 Å². The van der Waals surface area contributed by atoms with Gasteiger partial charge in [0, 0.05) is 6.54 Å². The number of nitrogens with one attached hydrogen (secondary N) is 1. The molecule has 0 aromatic carbocycles. The number of alkyl halides is 4. The van der Waals surface area contributed by atoms with E-state index in [2.05, 4.69) is 10.4 Å². The number of amides is 1. The third-order valence-electron chi connectivity index (χ3n) is 3.00. The summed E-state index contributed by atoms with van der Waals surface area (Å²) in [4.78, 5) is 11.7. The number of carbonyl (C=O) groups is 1. The summed E-state index contributed by atoms with van der Waals surface area (Å²) in [5, 5.41) is 6.06. The average molecular weight is 333 g/mol. The second-order valence-corrected chi connectivity index (χ2v) is 4.77. The lowest BCUT2D eigenvalue weighted by Gasteiger charge is -2.04. The van der Waals surface area contributed by atoms with Crippen LogP contribution in [0.5, 0.6) is 0 Å².